The first-order valence-electron chi connectivity index (χ1n) is 9.68. The van der Waals surface area contributed by atoms with Crippen molar-refractivity contribution in [3.8, 4) is 0 Å². The van der Waals surface area contributed by atoms with Crippen molar-refractivity contribution in [2.75, 3.05) is 7.11 Å². The van der Waals surface area contributed by atoms with Crippen LogP contribution < -0.4 is 0 Å². The number of methoxy groups -OCH3 is 1. The van der Waals surface area contributed by atoms with Crippen molar-refractivity contribution >= 4 is 17.9 Å². The summed E-state index contributed by atoms with van der Waals surface area (Å²) >= 11 is 0. The van der Waals surface area contributed by atoms with Gasteiger partial charge in [-0.05, 0) is 39.5 Å². The Morgan fingerprint density at radius 2 is 2.00 bits per heavy atom. The van der Waals surface area contributed by atoms with Crippen molar-refractivity contribution in [1.82, 2.24) is 0 Å². The summed E-state index contributed by atoms with van der Waals surface area (Å²) in [6.45, 7) is 6.85. The molecule has 0 aromatic heterocycles. The largest absolute Gasteiger partial charge is 0.481 e. The average molecular weight is 392 g/mol. The Labute approximate surface area is 164 Å². The molecule has 2 aliphatic carbocycles. The van der Waals surface area contributed by atoms with E-state index in [1.165, 1.54) is 7.11 Å². The van der Waals surface area contributed by atoms with E-state index in [9.17, 15) is 19.5 Å². The predicted molar refractivity (Wildman–Crippen MR) is 99.0 cm³/mol. The van der Waals surface area contributed by atoms with Crippen molar-refractivity contribution in [2.24, 2.45) is 17.3 Å². The number of carbonyl (C=O) groups excluding carboxylic acids is 2. The highest BCUT2D eigenvalue weighted by molar-refractivity contribution is 5.93. The summed E-state index contributed by atoms with van der Waals surface area (Å²) < 4.78 is 17.2. The molecule has 0 spiro atoms. The minimum Gasteiger partial charge on any atom is -0.481 e. The molecule has 0 aromatic carbocycles. The lowest BCUT2D eigenvalue weighted by Crippen LogP contribution is -2.61. The molecular weight excluding hydrogens is 364 g/mol. The number of fused-ring (bicyclic) bond motifs is 2. The number of hydrogen-bond acceptors (Lipinski definition) is 6. The summed E-state index contributed by atoms with van der Waals surface area (Å²) in [4.78, 5) is 37.2. The molecule has 1 N–H and O–H groups in total. The third-order valence-corrected chi connectivity index (χ3v) is 7.00. The SMILES string of the molecule is C/C=C(/C)C(=O)O[C@@H]1C2=C(C)C(=O)O[C@]2(OC)C[C@H]2CCC[C@H](C(=O)O)[C@]21C. The van der Waals surface area contributed by atoms with Gasteiger partial charge < -0.3 is 19.3 Å². The molecule has 0 amide bonds. The van der Waals surface area contributed by atoms with Gasteiger partial charge in [0.25, 0.3) is 0 Å². The van der Waals surface area contributed by atoms with Gasteiger partial charge in [0, 0.05) is 30.1 Å². The van der Waals surface area contributed by atoms with Gasteiger partial charge in [-0.3, -0.25) is 4.79 Å². The Kier molecular flexibility index (Phi) is 5.17. The third kappa shape index (κ3) is 2.79. The van der Waals surface area contributed by atoms with Crippen LogP contribution in [0.1, 0.15) is 53.4 Å². The molecule has 0 aromatic rings. The zero-order valence-electron chi connectivity index (χ0n) is 17.0. The first kappa shape index (κ1) is 20.6. The molecule has 154 valence electrons. The van der Waals surface area contributed by atoms with E-state index in [4.69, 9.17) is 14.2 Å². The number of allylic oxidation sites excluding steroid dienone is 1. The lowest BCUT2D eigenvalue weighted by atomic mass is 9.51. The summed E-state index contributed by atoms with van der Waals surface area (Å²) in [5.41, 5.74) is 0.330. The Morgan fingerprint density at radius 1 is 1.32 bits per heavy atom. The standard InChI is InChI=1S/C21H28O7/c1-6-11(2)18(24)27-16-15-12(3)19(25)28-21(15,26-5)10-13-8-7-9-14(17(22)23)20(13,16)4/h6,13-14,16H,7-10H2,1-5H3,(H,22,23)/b11-6-/t13-,14-,16-,20+,21-/m1/s1. The van der Waals surface area contributed by atoms with Gasteiger partial charge >= 0.3 is 17.9 Å². The number of carboxylic acids is 1. The van der Waals surface area contributed by atoms with Crippen molar-refractivity contribution in [2.45, 2.75) is 65.3 Å². The van der Waals surface area contributed by atoms with Gasteiger partial charge in [-0.15, -0.1) is 0 Å². The Balaban J connectivity index is 2.19. The summed E-state index contributed by atoms with van der Waals surface area (Å²) in [6, 6.07) is 0. The topological polar surface area (TPSA) is 99.1 Å². The molecular formula is C21H28O7. The zero-order valence-corrected chi connectivity index (χ0v) is 17.0. The molecule has 1 heterocycles. The minimum absolute atomic E-state index is 0.131. The molecule has 0 saturated heterocycles. The van der Waals surface area contributed by atoms with Gasteiger partial charge in [0.2, 0.25) is 5.79 Å². The normalized spacial score (nSPS) is 37.8. The molecule has 0 bridgehead atoms. The van der Waals surface area contributed by atoms with E-state index in [1.807, 2.05) is 6.92 Å². The van der Waals surface area contributed by atoms with Crippen LogP contribution in [0.5, 0.6) is 0 Å². The van der Waals surface area contributed by atoms with E-state index < -0.39 is 41.1 Å². The molecule has 1 aliphatic heterocycles. The van der Waals surface area contributed by atoms with Gasteiger partial charge in [0.05, 0.1) is 11.5 Å². The van der Waals surface area contributed by atoms with Gasteiger partial charge in [0.15, 0.2) is 0 Å². The molecule has 5 atom stereocenters. The van der Waals surface area contributed by atoms with Crippen molar-refractivity contribution in [3.05, 3.63) is 22.8 Å². The molecule has 0 unspecified atom stereocenters. The first-order valence-corrected chi connectivity index (χ1v) is 9.68. The van der Waals surface area contributed by atoms with Crippen LogP contribution in [0.4, 0.5) is 0 Å². The van der Waals surface area contributed by atoms with E-state index >= 15 is 0 Å². The number of aliphatic carboxylic acids is 1. The molecule has 2 saturated carbocycles. The average Bonchev–Trinajstić information content (AvgIpc) is 2.91. The summed E-state index contributed by atoms with van der Waals surface area (Å²) in [5, 5.41) is 9.93. The molecule has 7 heteroatoms. The highest BCUT2D eigenvalue weighted by Crippen LogP contribution is 2.61. The Morgan fingerprint density at radius 3 is 2.57 bits per heavy atom. The second-order valence-electron chi connectivity index (χ2n) is 8.23. The quantitative estimate of drug-likeness (QED) is 0.580. The van der Waals surface area contributed by atoms with Gasteiger partial charge in [0.1, 0.15) is 6.10 Å². The lowest BCUT2D eigenvalue weighted by Gasteiger charge is -2.56. The van der Waals surface area contributed by atoms with Crippen molar-refractivity contribution in [1.29, 1.82) is 0 Å². The van der Waals surface area contributed by atoms with E-state index in [-0.39, 0.29) is 5.92 Å². The highest BCUT2D eigenvalue weighted by atomic mass is 16.7. The lowest BCUT2D eigenvalue weighted by molar-refractivity contribution is -0.238. The van der Waals surface area contributed by atoms with Crippen LogP contribution in [0, 0.1) is 17.3 Å². The fourth-order valence-corrected chi connectivity index (χ4v) is 5.18. The van der Waals surface area contributed by atoms with Crippen LogP contribution in [0.25, 0.3) is 0 Å². The Bertz CT molecular complexity index is 780. The first-order chi connectivity index (χ1) is 13.1. The number of esters is 2. The number of carbonyl (C=O) groups is 3. The Hall–Kier alpha value is -2.15. The number of ether oxygens (including phenoxy) is 3. The molecule has 0 radical (unpaired) electrons. The molecule has 3 aliphatic rings. The van der Waals surface area contributed by atoms with Gasteiger partial charge in [-0.1, -0.05) is 19.4 Å². The van der Waals surface area contributed by atoms with E-state index in [0.29, 0.717) is 29.6 Å². The monoisotopic (exact) mass is 392 g/mol. The maximum Gasteiger partial charge on any atom is 0.336 e. The molecule has 7 nitrogen and oxygen atoms in total. The van der Waals surface area contributed by atoms with Crippen molar-refractivity contribution in [3.63, 3.8) is 0 Å². The van der Waals surface area contributed by atoms with E-state index in [2.05, 4.69) is 0 Å². The smallest absolute Gasteiger partial charge is 0.336 e. The van der Waals surface area contributed by atoms with Gasteiger partial charge in [-0.25, -0.2) is 9.59 Å². The summed E-state index contributed by atoms with van der Waals surface area (Å²) in [7, 11) is 1.46. The second-order valence-corrected chi connectivity index (χ2v) is 8.23. The maximum atomic E-state index is 12.7. The number of carboxylic acid groups (broad SMARTS) is 1. The third-order valence-electron chi connectivity index (χ3n) is 7.00. The van der Waals surface area contributed by atoms with E-state index in [1.54, 1.807) is 26.8 Å². The zero-order chi connectivity index (χ0) is 20.9. The van der Waals surface area contributed by atoms with Crippen molar-refractivity contribution < 1.29 is 33.7 Å². The number of rotatable bonds is 4. The number of hydrogen-bond donors (Lipinski definition) is 1. The van der Waals surface area contributed by atoms with Gasteiger partial charge in [-0.2, -0.15) is 0 Å². The summed E-state index contributed by atoms with van der Waals surface area (Å²) in [6.07, 6.45) is 3.09. The van der Waals surface area contributed by atoms with Crippen LogP contribution in [0.2, 0.25) is 0 Å². The predicted octanol–water partition coefficient (Wildman–Crippen LogP) is 2.99. The molecule has 2 fully saturated rings. The fourth-order valence-electron chi connectivity index (χ4n) is 5.18. The van der Waals surface area contributed by atoms with E-state index in [0.717, 1.165) is 12.8 Å². The highest BCUT2D eigenvalue weighted by Gasteiger charge is 2.67. The maximum absolute atomic E-state index is 12.7. The molecule has 28 heavy (non-hydrogen) atoms. The van der Waals surface area contributed by atoms with Crippen LogP contribution in [0.3, 0.4) is 0 Å². The van der Waals surface area contributed by atoms with Crippen LogP contribution >= 0.6 is 0 Å². The molecule has 3 rings (SSSR count). The second kappa shape index (κ2) is 7.03. The van der Waals surface area contributed by atoms with Crippen LogP contribution in [-0.4, -0.2) is 42.0 Å². The fraction of sp³-hybridized carbons (Fsp3) is 0.667. The summed E-state index contributed by atoms with van der Waals surface area (Å²) in [5.74, 6) is -4.09. The van der Waals surface area contributed by atoms with Crippen LogP contribution in [0.15, 0.2) is 22.8 Å². The van der Waals surface area contributed by atoms with Crippen LogP contribution in [-0.2, 0) is 28.6 Å². The minimum atomic E-state index is -1.31.